The number of hydrogen-bond donors (Lipinski definition) is 1. The molecule has 0 bridgehead atoms. The van der Waals surface area contributed by atoms with Crippen molar-refractivity contribution in [1.82, 2.24) is 20.0 Å². The molecule has 0 aliphatic rings. The Balaban J connectivity index is 2.54. The van der Waals surface area contributed by atoms with Crippen LogP contribution in [-0.4, -0.2) is 31.1 Å². The van der Waals surface area contributed by atoms with Crippen LogP contribution in [0.15, 0.2) is 18.3 Å². The SMILES string of the molecule is Cc1nn(-c2cccnc2Cl)nc1C(=O)O. The van der Waals surface area contributed by atoms with Crippen molar-refractivity contribution in [3.8, 4) is 5.69 Å². The zero-order chi connectivity index (χ0) is 11.7. The van der Waals surface area contributed by atoms with E-state index >= 15 is 0 Å². The normalized spacial score (nSPS) is 10.4. The van der Waals surface area contributed by atoms with Crippen LogP contribution < -0.4 is 0 Å². The number of aryl methyl sites for hydroxylation is 1. The number of aromatic carboxylic acids is 1. The molecule has 0 radical (unpaired) electrons. The molecule has 0 fully saturated rings. The molecule has 82 valence electrons. The largest absolute Gasteiger partial charge is 0.476 e. The van der Waals surface area contributed by atoms with Crippen LogP contribution in [0.1, 0.15) is 16.2 Å². The van der Waals surface area contributed by atoms with E-state index in [2.05, 4.69) is 15.2 Å². The number of carboxylic acid groups (broad SMARTS) is 1. The Labute approximate surface area is 95.5 Å². The average Bonchev–Trinajstić information content (AvgIpc) is 2.61. The van der Waals surface area contributed by atoms with Crippen molar-refractivity contribution in [3.63, 3.8) is 0 Å². The van der Waals surface area contributed by atoms with E-state index in [-0.39, 0.29) is 10.8 Å². The van der Waals surface area contributed by atoms with Crippen LogP contribution in [-0.2, 0) is 0 Å². The summed E-state index contributed by atoms with van der Waals surface area (Å²) in [7, 11) is 0. The van der Waals surface area contributed by atoms with E-state index in [0.717, 1.165) is 4.80 Å². The van der Waals surface area contributed by atoms with Crippen molar-refractivity contribution in [2.24, 2.45) is 0 Å². The Hall–Kier alpha value is -1.95. The van der Waals surface area contributed by atoms with Crippen molar-refractivity contribution in [2.75, 3.05) is 0 Å². The first-order valence-corrected chi connectivity index (χ1v) is 4.75. The third-order valence-electron chi connectivity index (χ3n) is 1.94. The number of pyridine rings is 1. The first-order valence-electron chi connectivity index (χ1n) is 4.37. The number of rotatable bonds is 2. The topological polar surface area (TPSA) is 80.9 Å². The summed E-state index contributed by atoms with van der Waals surface area (Å²) in [5.74, 6) is -1.12. The Morgan fingerprint density at radius 3 is 2.81 bits per heavy atom. The minimum Gasteiger partial charge on any atom is -0.476 e. The predicted molar refractivity (Wildman–Crippen MR) is 55.9 cm³/mol. The van der Waals surface area contributed by atoms with Gasteiger partial charge in [-0.05, 0) is 19.1 Å². The van der Waals surface area contributed by atoms with Gasteiger partial charge in [-0.1, -0.05) is 11.6 Å². The molecule has 0 aliphatic heterocycles. The Morgan fingerprint density at radius 1 is 1.50 bits per heavy atom. The van der Waals surface area contributed by atoms with Gasteiger partial charge in [-0.15, -0.1) is 9.90 Å². The summed E-state index contributed by atoms with van der Waals surface area (Å²) in [5, 5.41) is 16.8. The summed E-state index contributed by atoms with van der Waals surface area (Å²) in [5.41, 5.74) is 0.673. The molecule has 2 heterocycles. The van der Waals surface area contributed by atoms with Crippen LogP contribution in [0.25, 0.3) is 5.69 Å². The second-order valence-electron chi connectivity index (χ2n) is 3.04. The zero-order valence-electron chi connectivity index (χ0n) is 8.25. The van der Waals surface area contributed by atoms with Gasteiger partial charge < -0.3 is 5.11 Å². The van der Waals surface area contributed by atoms with Crippen LogP contribution in [0.4, 0.5) is 0 Å². The fourth-order valence-corrected chi connectivity index (χ4v) is 1.41. The van der Waals surface area contributed by atoms with Crippen molar-refractivity contribution < 1.29 is 9.90 Å². The molecule has 0 saturated carbocycles. The number of carboxylic acids is 1. The first-order chi connectivity index (χ1) is 7.59. The van der Waals surface area contributed by atoms with Crippen LogP contribution in [0.5, 0.6) is 0 Å². The van der Waals surface area contributed by atoms with E-state index in [1.54, 1.807) is 19.1 Å². The second kappa shape index (κ2) is 3.90. The van der Waals surface area contributed by atoms with Crippen LogP contribution in [0.2, 0.25) is 5.15 Å². The molecule has 1 N–H and O–H groups in total. The summed E-state index contributed by atoms with van der Waals surface area (Å²) in [4.78, 5) is 15.8. The van der Waals surface area contributed by atoms with Gasteiger partial charge in [-0.3, -0.25) is 0 Å². The number of halogens is 1. The van der Waals surface area contributed by atoms with Crippen LogP contribution >= 0.6 is 11.6 Å². The summed E-state index contributed by atoms with van der Waals surface area (Å²) in [6.45, 7) is 1.57. The van der Waals surface area contributed by atoms with Gasteiger partial charge in [0.2, 0.25) is 0 Å². The lowest BCUT2D eigenvalue weighted by molar-refractivity contribution is 0.0689. The number of aromatic nitrogens is 4. The smallest absolute Gasteiger partial charge is 0.358 e. The molecular weight excluding hydrogens is 232 g/mol. The standard InChI is InChI=1S/C9H7ClN4O2/c1-5-7(9(15)16)13-14(12-5)6-3-2-4-11-8(6)10/h2-4H,1H3,(H,15,16). The number of carbonyl (C=O) groups is 1. The molecule has 0 saturated heterocycles. The second-order valence-corrected chi connectivity index (χ2v) is 3.40. The summed E-state index contributed by atoms with van der Waals surface area (Å²) in [6, 6.07) is 3.32. The highest BCUT2D eigenvalue weighted by atomic mass is 35.5. The van der Waals surface area contributed by atoms with Crippen molar-refractivity contribution >= 4 is 17.6 Å². The van der Waals surface area contributed by atoms with Gasteiger partial charge in [0.25, 0.3) is 0 Å². The predicted octanol–water partition coefficient (Wildman–Crippen LogP) is 1.32. The van der Waals surface area contributed by atoms with E-state index in [1.165, 1.54) is 6.20 Å². The molecule has 6 nitrogen and oxygen atoms in total. The highest BCUT2D eigenvalue weighted by Crippen LogP contribution is 2.16. The first kappa shape index (κ1) is 10.6. The molecule has 7 heteroatoms. The molecule has 0 atom stereocenters. The molecule has 0 aromatic carbocycles. The van der Waals surface area contributed by atoms with Crippen LogP contribution in [0, 0.1) is 6.92 Å². The molecule has 2 rings (SSSR count). The van der Waals surface area contributed by atoms with Gasteiger partial charge >= 0.3 is 5.97 Å². The Bertz CT molecular complexity index is 552. The molecular formula is C9H7ClN4O2. The fraction of sp³-hybridized carbons (Fsp3) is 0.111. The van der Waals surface area contributed by atoms with E-state index in [9.17, 15) is 4.79 Å². The molecule has 2 aromatic rings. The summed E-state index contributed by atoms with van der Waals surface area (Å²) in [6.07, 6.45) is 1.53. The number of nitrogens with zero attached hydrogens (tertiary/aromatic N) is 4. The van der Waals surface area contributed by atoms with Crippen molar-refractivity contribution in [2.45, 2.75) is 6.92 Å². The maximum absolute atomic E-state index is 10.8. The van der Waals surface area contributed by atoms with Crippen molar-refractivity contribution in [1.29, 1.82) is 0 Å². The monoisotopic (exact) mass is 238 g/mol. The van der Waals surface area contributed by atoms with E-state index in [1.807, 2.05) is 0 Å². The van der Waals surface area contributed by atoms with Gasteiger partial charge in [0, 0.05) is 6.20 Å². The zero-order valence-corrected chi connectivity index (χ0v) is 9.01. The van der Waals surface area contributed by atoms with Crippen LogP contribution in [0.3, 0.4) is 0 Å². The van der Waals surface area contributed by atoms with E-state index in [0.29, 0.717) is 11.4 Å². The lowest BCUT2D eigenvalue weighted by atomic mass is 10.4. The third-order valence-corrected chi connectivity index (χ3v) is 2.23. The average molecular weight is 239 g/mol. The Morgan fingerprint density at radius 2 is 2.25 bits per heavy atom. The molecule has 0 aliphatic carbocycles. The lowest BCUT2D eigenvalue weighted by Crippen LogP contribution is -2.03. The quantitative estimate of drug-likeness (QED) is 0.798. The van der Waals surface area contributed by atoms with E-state index < -0.39 is 5.97 Å². The summed E-state index contributed by atoms with van der Waals surface area (Å²) >= 11 is 5.84. The maximum atomic E-state index is 10.8. The van der Waals surface area contributed by atoms with Gasteiger partial charge in [0.1, 0.15) is 5.69 Å². The molecule has 0 unspecified atom stereocenters. The molecule has 16 heavy (non-hydrogen) atoms. The third kappa shape index (κ3) is 1.74. The van der Waals surface area contributed by atoms with Crippen molar-refractivity contribution in [3.05, 3.63) is 34.9 Å². The minimum absolute atomic E-state index is 0.0973. The highest BCUT2D eigenvalue weighted by molar-refractivity contribution is 6.31. The fourth-order valence-electron chi connectivity index (χ4n) is 1.21. The van der Waals surface area contributed by atoms with E-state index in [4.69, 9.17) is 16.7 Å². The summed E-state index contributed by atoms with van der Waals surface area (Å²) < 4.78 is 0. The van der Waals surface area contributed by atoms with Gasteiger partial charge in [-0.2, -0.15) is 5.10 Å². The van der Waals surface area contributed by atoms with Gasteiger partial charge in [0.05, 0.1) is 5.69 Å². The molecule has 0 spiro atoms. The van der Waals surface area contributed by atoms with Gasteiger partial charge in [0.15, 0.2) is 10.8 Å². The molecule has 2 aromatic heterocycles. The minimum atomic E-state index is -1.12. The lowest BCUT2D eigenvalue weighted by Gasteiger charge is -1.99. The number of hydrogen-bond acceptors (Lipinski definition) is 4. The highest BCUT2D eigenvalue weighted by Gasteiger charge is 2.16. The maximum Gasteiger partial charge on any atom is 0.358 e. The Kier molecular flexibility index (Phi) is 2.57. The molecule has 0 amide bonds. The van der Waals surface area contributed by atoms with Gasteiger partial charge in [-0.25, -0.2) is 9.78 Å².